The molecule has 11 heavy (non-hydrogen) atoms. The van der Waals surface area contributed by atoms with Crippen molar-refractivity contribution in [2.24, 2.45) is 0 Å². The Balaban J connectivity index is 2.82. The molecule has 0 bridgehead atoms. The van der Waals surface area contributed by atoms with Gasteiger partial charge in [0.25, 0.3) is 0 Å². The normalized spacial score (nSPS) is 10.7. The number of aryl methyl sites for hydroxylation is 2. The number of hydrogen-bond donors (Lipinski definition) is 0. The van der Waals surface area contributed by atoms with Crippen LogP contribution in [0.25, 0.3) is 9.65 Å². The minimum atomic E-state index is 0.612. The van der Waals surface area contributed by atoms with Crippen molar-refractivity contribution < 1.29 is 0 Å². The van der Waals surface area contributed by atoms with Crippen molar-refractivity contribution in [3.63, 3.8) is 0 Å². The van der Waals surface area contributed by atoms with Crippen molar-refractivity contribution in [2.45, 2.75) is 13.8 Å². The molecule has 0 nitrogen and oxygen atoms in total. The van der Waals surface area contributed by atoms with E-state index in [0.717, 1.165) is 0 Å². The molecule has 0 aliphatic heterocycles. The first kappa shape index (κ1) is 7.15. The van der Waals surface area contributed by atoms with Gasteiger partial charge >= 0.3 is 72.3 Å². The monoisotopic (exact) mass is 210 g/mol. The van der Waals surface area contributed by atoms with E-state index < -0.39 is 0 Å². The Bertz CT molecular complexity index is 385. The number of fused-ring (bicyclic) bond motifs is 1. The second-order valence-corrected chi connectivity index (χ2v) is 5.60. The molecule has 1 aromatic carbocycles. The summed E-state index contributed by atoms with van der Waals surface area (Å²) >= 11 is 0.612. The van der Waals surface area contributed by atoms with Gasteiger partial charge in [-0.2, -0.15) is 0 Å². The first-order chi connectivity index (χ1) is 5.25. The van der Waals surface area contributed by atoms with Crippen LogP contribution in [0.15, 0.2) is 24.3 Å². The summed E-state index contributed by atoms with van der Waals surface area (Å²) in [5.74, 6) is 0. The van der Waals surface area contributed by atoms with E-state index in [-0.39, 0.29) is 0 Å². The van der Waals surface area contributed by atoms with Crippen molar-refractivity contribution in [3.05, 3.63) is 34.3 Å². The first-order valence-electron chi connectivity index (χ1n) is 3.72. The van der Waals surface area contributed by atoms with Gasteiger partial charge in [0, 0.05) is 0 Å². The van der Waals surface area contributed by atoms with Crippen LogP contribution in [0.5, 0.6) is 0 Å². The molecule has 56 valence electrons. The molecule has 0 atom stereocenters. The molecule has 0 amide bonds. The van der Waals surface area contributed by atoms with Crippen molar-refractivity contribution in [1.82, 2.24) is 0 Å². The van der Waals surface area contributed by atoms with Crippen LogP contribution >= 0.6 is 0 Å². The van der Waals surface area contributed by atoms with E-state index in [9.17, 15) is 0 Å². The molecular formula is C10H10Se. The molecule has 0 saturated heterocycles. The first-order valence-corrected chi connectivity index (χ1v) is 5.44. The second kappa shape index (κ2) is 2.51. The SMILES string of the molecule is Cc1ccc2cc(C)[se]c2c1. The van der Waals surface area contributed by atoms with Gasteiger partial charge in [-0.1, -0.05) is 0 Å². The van der Waals surface area contributed by atoms with E-state index in [2.05, 4.69) is 38.1 Å². The average Bonchev–Trinajstić information content (AvgIpc) is 2.27. The molecule has 2 rings (SSSR count). The van der Waals surface area contributed by atoms with Gasteiger partial charge in [-0.25, -0.2) is 0 Å². The predicted molar refractivity (Wildman–Crippen MR) is 50.4 cm³/mol. The topological polar surface area (TPSA) is 0 Å². The standard InChI is InChI=1S/C10H10Se/c1-7-3-4-9-6-8(2)11-10(9)5-7/h3-6H,1-2H3. The van der Waals surface area contributed by atoms with E-state index >= 15 is 0 Å². The summed E-state index contributed by atoms with van der Waals surface area (Å²) in [6.07, 6.45) is 0. The van der Waals surface area contributed by atoms with Gasteiger partial charge in [-0.15, -0.1) is 0 Å². The molecule has 1 heterocycles. The summed E-state index contributed by atoms with van der Waals surface area (Å²) in [5, 5.41) is 1.44. The molecule has 1 heteroatoms. The summed E-state index contributed by atoms with van der Waals surface area (Å²) in [6, 6.07) is 9.02. The van der Waals surface area contributed by atoms with Crippen LogP contribution in [0, 0.1) is 13.8 Å². The Kier molecular flexibility index (Phi) is 1.63. The van der Waals surface area contributed by atoms with Gasteiger partial charge in [0.05, 0.1) is 0 Å². The molecule has 0 unspecified atom stereocenters. The third kappa shape index (κ3) is 1.26. The summed E-state index contributed by atoms with van der Waals surface area (Å²) in [7, 11) is 0. The zero-order valence-electron chi connectivity index (χ0n) is 6.72. The summed E-state index contributed by atoms with van der Waals surface area (Å²) in [4.78, 5) is 0. The molecule has 0 aliphatic carbocycles. The Morgan fingerprint density at radius 3 is 2.73 bits per heavy atom. The van der Waals surface area contributed by atoms with Gasteiger partial charge in [0.1, 0.15) is 0 Å². The summed E-state index contributed by atoms with van der Waals surface area (Å²) in [5.41, 5.74) is 1.38. The second-order valence-electron chi connectivity index (χ2n) is 2.90. The van der Waals surface area contributed by atoms with E-state index in [1.807, 2.05) is 0 Å². The minimum absolute atomic E-state index is 0.612. The summed E-state index contributed by atoms with van der Waals surface area (Å²) < 4.78 is 3.09. The Hall–Kier alpha value is -0.521. The van der Waals surface area contributed by atoms with E-state index in [1.165, 1.54) is 15.4 Å². The van der Waals surface area contributed by atoms with Gasteiger partial charge < -0.3 is 0 Å². The van der Waals surface area contributed by atoms with Gasteiger partial charge in [0.15, 0.2) is 0 Å². The van der Waals surface area contributed by atoms with E-state index in [4.69, 9.17) is 0 Å². The van der Waals surface area contributed by atoms with Crippen LogP contribution < -0.4 is 0 Å². The molecular weight excluding hydrogens is 199 g/mol. The van der Waals surface area contributed by atoms with Gasteiger partial charge in [-0.3, -0.25) is 0 Å². The van der Waals surface area contributed by atoms with Gasteiger partial charge in [0.2, 0.25) is 0 Å². The fourth-order valence-corrected chi connectivity index (χ4v) is 3.42. The third-order valence-corrected chi connectivity index (χ3v) is 3.92. The number of hydrogen-bond acceptors (Lipinski definition) is 0. The zero-order chi connectivity index (χ0) is 7.84. The van der Waals surface area contributed by atoms with Crippen molar-refractivity contribution in [2.75, 3.05) is 0 Å². The van der Waals surface area contributed by atoms with Gasteiger partial charge in [-0.05, 0) is 0 Å². The van der Waals surface area contributed by atoms with Crippen molar-refractivity contribution in [3.8, 4) is 0 Å². The van der Waals surface area contributed by atoms with Crippen LogP contribution in [0.3, 0.4) is 0 Å². The van der Waals surface area contributed by atoms with Crippen molar-refractivity contribution in [1.29, 1.82) is 0 Å². The number of benzene rings is 1. The number of rotatable bonds is 0. The molecule has 0 spiro atoms. The maximum atomic E-state index is 2.31. The van der Waals surface area contributed by atoms with Crippen LogP contribution in [-0.2, 0) is 0 Å². The molecule has 0 fully saturated rings. The summed E-state index contributed by atoms with van der Waals surface area (Å²) in [6.45, 7) is 4.37. The Morgan fingerprint density at radius 2 is 1.91 bits per heavy atom. The Labute approximate surface area is 72.6 Å². The molecule has 0 aliphatic rings. The zero-order valence-corrected chi connectivity index (χ0v) is 8.43. The average molecular weight is 209 g/mol. The molecule has 0 saturated carbocycles. The van der Waals surface area contributed by atoms with E-state index in [1.54, 1.807) is 4.26 Å². The quantitative estimate of drug-likeness (QED) is 0.585. The molecule has 0 radical (unpaired) electrons. The fraction of sp³-hybridized carbons (Fsp3) is 0.200. The van der Waals surface area contributed by atoms with Crippen LogP contribution in [-0.4, -0.2) is 14.5 Å². The Morgan fingerprint density at radius 1 is 1.09 bits per heavy atom. The van der Waals surface area contributed by atoms with Crippen molar-refractivity contribution >= 4 is 24.1 Å². The van der Waals surface area contributed by atoms with Crippen LogP contribution in [0.2, 0.25) is 0 Å². The third-order valence-electron chi connectivity index (χ3n) is 1.80. The molecule has 1 aromatic heterocycles. The molecule has 2 aromatic rings. The van der Waals surface area contributed by atoms with Crippen LogP contribution in [0.1, 0.15) is 10.0 Å². The maximum absolute atomic E-state index is 2.31. The fourth-order valence-electron chi connectivity index (χ4n) is 1.27. The predicted octanol–water partition coefficient (Wildman–Crippen LogP) is 2.51. The van der Waals surface area contributed by atoms with Crippen LogP contribution in [0.4, 0.5) is 0 Å². The van der Waals surface area contributed by atoms with E-state index in [0.29, 0.717) is 14.5 Å². The molecule has 0 N–H and O–H groups in total.